The Morgan fingerprint density at radius 1 is 1.43 bits per heavy atom. The first-order valence-electron chi connectivity index (χ1n) is 4.99. The summed E-state index contributed by atoms with van der Waals surface area (Å²) in [5.74, 6) is 0.813. The number of aliphatic hydroxyl groups is 1. The van der Waals surface area contributed by atoms with Gasteiger partial charge in [-0.2, -0.15) is 0 Å². The third kappa shape index (κ3) is 2.66. The highest BCUT2D eigenvalue weighted by atomic mass is 16.3. The molecule has 0 heterocycles. The highest BCUT2D eigenvalue weighted by Crippen LogP contribution is 2.26. The minimum Gasteiger partial charge on any atom is -0.508 e. The molecule has 1 aliphatic rings. The first-order valence-corrected chi connectivity index (χ1v) is 4.99. The van der Waals surface area contributed by atoms with E-state index in [1.807, 2.05) is 25.1 Å². The number of hydrogen-bond acceptors (Lipinski definition) is 2. The van der Waals surface area contributed by atoms with E-state index >= 15 is 0 Å². The first kappa shape index (κ1) is 10.9. The van der Waals surface area contributed by atoms with Gasteiger partial charge in [0.25, 0.3) is 0 Å². The minimum absolute atomic E-state index is 0.372. The van der Waals surface area contributed by atoms with Crippen LogP contribution in [0, 0.1) is 5.92 Å². The second-order valence-electron chi connectivity index (χ2n) is 4.22. The molecule has 0 spiro atoms. The SMILES string of the molecule is CC(C)C1=CC(=CN(C)C)CC=C1O. The van der Waals surface area contributed by atoms with Crippen molar-refractivity contribution in [1.29, 1.82) is 0 Å². The molecule has 2 heteroatoms. The second kappa shape index (κ2) is 4.36. The minimum atomic E-state index is 0.372. The molecule has 0 aliphatic heterocycles. The van der Waals surface area contributed by atoms with Crippen LogP contribution in [-0.2, 0) is 0 Å². The molecule has 0 unspecified atom stereocenters. The van der Waals surface area contributed by atoms with Gasteiger partial charge >= 0.3 is 0 Å². The Labute approximate surface area is 86.2 Å². The molecule has 0 amide bonds. The number of hydrogen-bond donors (Lipinski definition) is 1. The maximum atomic E-state index is 9.64. The summed E-state index contributed by atoms with van der Waals surface area (Å²) in [7, 11) is 4.02. The molecule has 0 saturated heterocycles. The quantitative estimate of drug-likeness (QED) is 0.729. The van der Waals surface area contributed by atoms with Crippen molar-refractivity contribution < 1.29 is 5.11 Å². The summed E-state index contributed by atoms with van der Waals surface area (Å²) < 4.78 is 0. The Balaban J connectivity index is 2.90. The average Bonchev–Trinajstić information content (AvgIpc) is 2.07. The summed E-state index contributed by atoms with van der Waals surface area (Å²) in [6, 6.07) is 0. The van der Waals surface area contributed by atoms with Crippen LogP contribution in [0.15, 0.2) is 35.3 Å². The van der Waals surface area contributed by atoms with E-state index in [2.05, 4.69) is 26.1 Å². The Hall–Kier alpha value is -1.18. The molecular weight excluding hydrogens is 174 g/mol. The number of aliphatic hydroxyl groups excluding tert-OH is 1. The monoisotopic (exact) mass is 193 g/mol. The Morgan fingerprint density at radius 2 is 2.07 bits per heavy atom. The largest absolute Gasteiger partial charge is 0.508 e. The van der Waals surface area contributed by atoms with E-state index in [4.69, 9.17) is 0 Å². The molecule has 1 N–H and O–H groups in total. The van der Waals surface area contributed by atoms with Crippen LogP contribution in [0.1, 0.15) is 20.3 Å². The van der Waals surface area contributed by atoms with Crippen molar-refractivity contribution in [2.45, 2.75) is 20.3 Å². The fourth-order valence-electron chi connectivity index (χ4n) is 1.55. The smallest absolute Gasteiger partial charge is 0.115 e. The zero-order valence-electron chi connectivity index (χ0n) is 9.41. The van der Waals surface area contributed by atoms with Crippen molar-refractivity contribution in [2.75, 3.05) is 14.1 Å². The maximum Gasteiger partial charge on any atom is 0.115 e. The zero-order valence-corrected chi connectivity index (χ0v) is 9.41. The lowest BCUT2D eigenvalue weighted by Crippen LogP contribution is -2.06. The molecule has 0 aromatic heterocycles. The molecule has 78 valence electrons. The Kier molecular flexibility index (Phi) is 3.39. The van der Waals surface area contributed by atoms with E-state index in [0.717, 1.165) is 12.0 Å². The molecular formula is C12H19NO. The lowest BCUT2D eigenvalue weighted by atomic mass is 9.93. The maximum absolute atomic E-state index is 9.64. The standard InChI is InChI=1S/C12H19NO/c1-9(2)11-7-10(8-13(3)4)5-6-12(11)14/h6-9,14H,5H2,1-4H3. The number of nitrogens with zero attached hydrogens (tertiary/aromatic N) is 1. The second-order valence-corrected chi connectivity index (χ2v) is 4.22. The molecule has 0 fully saturated rings. The highest BCUT2D eigenvalue weighted by molar-refractivity contribution is 5.40. The van der Waals surface area contributed by atoms with Crippen molar-refractivity contribution in [3.05, 3.63) is 35.3 Å². The summed E-state index contributed by atoms with van der Waals surface area (Å²) in [6.07, 6.45) is 6.87. The van der Waals surface area contributed by atoms with Gasteiger partial charge in [0.1, 0.15) is 5.76 Å². The van der Waals surface area contributed by atoms with E-state index in [1.165, 1.54) is 5.57 Å². The summed E-state index contributed by atoms with van der Waals surface area (Å²) >= 11 is 0. The van der Waals surface area contributed by atoms with Crippen molar-refractivity contribution >= 4 is 0 Å². The van der Waals surface area contributed by atoms with Crippen LogP contribution in [0.5, 0.6) is 0 Å². The lowest BCUT2D eigenvalue weighted by molar-refractivity contribution is 0.406. The summed E-state index contributed by atoms with van der Waals surface area (Å²) in [5, 5.41) is 9.64. The molecule has 0 atom stereocenters. The fraction of sp³-hybridized carbons (Fsp3) is 0.500. The van der Waals surface area contributed by atoms with Crippen molar-refractivity contribution in [1.82, 2.24) is 4.90 Å². The van der Waals surface area contributed by atoms with Crippen molar-refractivity contribution in [3.63, 3.8) is 0 Å². The third-order valence-electron chi connectivity index (χ3n) is 2.21. The van der Waals surface area contributed by atoms with Crippen LogP contribution < -0.4 is 0 Å². The van der Waals surface area contributed by atoms with E-state index in [0.29, 0.717) is 11.7 Å². The van der Waals surface area contributed by atoms with Gasteiger partial charge in [-0.3, -0.25) is 0 Å². The van der Waals surface area contributed by atoms with Crippen molar-refractivity contribution in [2.24, 2.45) is 5.92 Å². The van der Waals surface area contributed by atoms with Gasteiger partial charge in [-0.25, -0.2) is 0 Å². The van der Waals surface area contributed by atoms with Crippen LogP contribution in [-0.4, -0.2) is 24.1 Å². The van der Waals surface area contributed by atoms with E-state index in [1.54, 1.807) is 0 Å². The summed E-state index contributed by atoms with van der Waals surface area (Å²) in [6.45, 7) is 4.18. The molecule has 1 rings (SSSR count). The summed E-state index contributed by atoms with van der Waals surface area (Å²) in [5.41, 5.74) is 2.28. The van der Waals surface area contributed by atoms with Crippen LogP contribution in [0.25, 0.3) is 0 Å². The van der Waals surface area contributed by atoms with Gasteiger partial charge in [0.2, 0.25) is 0 Å². The number of allylic oxidation sites excluding steroid dienone is 4. The van der Waals surface area contributed by atoms with Gasteiger partial charge in [0.05, 0.1) is 0 Å². The molecule has 0 saturated carbocycles. The Bertz CT molecular complexity index is 295. The highest BCUT2D eigenvalue weighted by Gasteiger charge is 2.13. The molecule has 0 aromatic carbocycles. The van der Waals surface area contributed by atoms with Gasteiger partial charge in [0, 0.05) is 20.3 Å². The first-order chi connectivity index (χ1) is 6.50. The van der Waals surface area contributed by atoms with Crippen LogP contribution in [0.4, 0.5) is 0 Å². The molecule has 0 radical (unpaired) electrons. The molecule has 14 heavy (non-hydrogen) atoms. The van der Waals surface area contributed by atoms with Gasteiger partial charge in [-0.05, 0) is 29.6 Å². The van der Waals surface area contributed by atoms with E-state index < -0.39 is 0 Å². The predicted octanol–water partition coefficient (Wildman–Crippen LogP) is 2.86. The normalized spacial score (nSPS) is 19.6. The van der Waals surface area contributed by atoms with E-state index in [-0.39, 0.29) is 0 Å². The average molecular weight is 193 g/mol. The fourth-order valence-corrected chi connectivity index (χ4v) is 1.55. The topological polar surface area (TPSA) is 23.5 Å². The lowest BCUT2D eigenvalue weighted by Gasteiger charge is -2.17. The summed E-state index contributed by atoms with van der Waals surface area (Å²) in [4.78, 5) is 2.03. The third-order valence-corrected chi connectivity index (χ3v) is 2.21. The Morgan fingerprint density at radius 3 is 2.57 bits per heavy atom. The zero-order chi connectivity index (χ0) is 10.7. The van der Waals surface area contributed by atoms with Crippen molar-refractivity contribution in [3.8, 4) is 0 Å². The molecule has 1 aliphatic carbocycles. The van der Waals surface area contributed by atoms with Crippen LogP contribution in [0.3, 0.4) is 0 Å². The predicted molar refractivity (Wildman–Crippen MR) is 60.0 cm³/mol. The molecule has 0 aromatic rings. The van der Waals surface area contributed by atoms with E-state index in [9.17, 15) is 5.11 Å². The van der Waals surface area contributed by atoms with Gasteiger partial charge in [0.15, 0.2) is 0 Å². The van der Waals surface area contributed by atoms with Crippen LogP contribution >= 0.6 is 0 Å². The van der Waals surface area contributed by atoms with Gasteiger partial charge in [-0.15, -0.1) is 0 Å². The van der Waals surface area contributed by atoms with Gasteiger partial charge < -0.3 is 10.0 Å². The van der Waals surface area contributed by atoms with Gasteiger partial charge in [-0.1, -0.05) is 19.9 Å². The number of rotatable bonds is 2. The van der Waals surface area contributed by atoms with Crippen LogP contribution in [0.2, 0.25) is 0 Å². The molecule has 0 bridgehead atoms. The molecule has 2 nitrogen and oxygen atoms in total.